The van der Waals surface area contributed by atoms with E-state index in [-0.39, 0.29) is 12.3 Å². The average molecular weight is 432 g/mol. The third kappa shape index (κ3) is 4.31. The zero-order valence-corrected chi connectivity index (χ0v) is 17.9. The van der Waals surface area contributed by atoms with Crippen molar-refractivity contribution >= 4 is 34.1 Å². The molecule has 0 saturated heterocycles. The Balaban J connectivity index is 1.34. The monoisotopic (exact) mass is 432 g/mol. The van der Waals surface area contributed by atoms with Crippen LogP contribution in [0, 0.1) is 0 Å². The highest BCUT2D eigenvalue weighted by atomic mass is 16.2. The van der Waals surface area contributed by atoms with Crippen molar-refractivity contribution < 1.29 is 4.79 Å². The van der Waals surface area contributed by atoms with Gasteiger partial charge in [-0.05, 0) is 42.8 Å². The Hall–Kier alpha value is -4.14. The first-order valence-electron chi connectivity index (χ1n) is 10.3. The first kappa shape index (κ1) is 21.1. The largest absolute Gasteiger partial charge is 0.356 e. The molecule has 0 atom stereocenters. The summed E-state index contributed by atoms with van der Waals surface area (Å²) in [4.78, 5) is 41.0. The lowest BCUT2D eigenvalue weighted by Crippen LogP contribution is -2.37. The fourth-order valence-corrected chi connectivity index (χ4v) is 3.52. The number of amides is 1. The van der Waals surface area contributed by atoms with Gasteiger partial charge in [-0.2, -0.15) is 0 Å². The summed E-state index contributed by atoms with van der Waals surface area (Å²) < 4.78 is 4.09. The molecular weight excluding hydrogens is 408 g/mol. The normalized spacial score (nSPS) is 10.9. The van der Waals surface area contributed by atoms with E-state index in [4.69, 9.17) is 0 Å². The number of rotatable bonds is 7. The van der Waals surface area contributed by atoms with E-state index in [1.165, 1.54) is 17.9 Å². The minimum absolute atomic E-state index is 0.113. The summed E-state index contributed by atoms with van der Waals surface area (Å²) in [5.41, 5.74) is 2.52. The van der Waals surface area contributed by atoms with Crippen LogP contribution >= 0.6 is 0 Å². The number of anilines is 3. The molecule has 2 aromatic heterocycles. The van der Waals surface area contributed by atoms with Crippen LogP contribution < -0.4 is 21.9 Å². The Labute approximate surface area is 183 Å². The molecule has 0 radical (unpaired) electrons. The van der Waals surface area contributed by atoms with Crippen molar-refractivity contribution in [2.75, 3.05) is 10.6 Å². The van der Waals surface area contributed by atoms with Gasteiger partial charge in [-0.1, -0.05) is 18.2 Å². The number of carbonyl (C=O) groups excluding carboxylic acids is 1. The predicted molar refractivity (Wildman–Crippen MR) is 124 cm³/mol. The molecule has 0 aliphatic carbocycles. The van der Waals surface area contributed by atoms with Crippen molar-refractivity contribution in [1.29, 1.82) is 0 Å². The number of hydrogen-bond donors (Lipinski definition) is 2. The van der Waals surface area contributed by atoms with Gasteiger partial charge in [0.25, 0.3) is 5.56 Å². The van der Waals surface area contributed by atoms with Crippen molar-refractivity contribution in [2.24, 2.45) is 14.1 Å². The molecule has 32 heavy (non-hydrogen) atoms. The SMILES string of the molecule is Cn1c(=O)c2c(ncn2CCCC(=O)Nc2ccc(Nc3ccccc3)cc2)n(C)c1=O. The molecule has 0 unspecified atom stereocenters. The Morgan fingerprint density at radius 2 is 1.56 bits per heavy atom. The molecule has 2 aromatic carbocycles. The molecule has 0 aliphatic heterocycles. The van der Waals surface area contributed by atoms with E-state index in [9.17, 15) is 14.4 Å². The standard InChI is InChI=1S/C23H24N6O3/c1-27-21-20(22(31)28(2)23(27)32)29(15-24-21)14-6-9-19(30)26-18-12-10-17(11-13-18)25-16-7-4-3-5-8-16/h3-5,7-8,10-13,15,25H,6,9,14H2,1-2H3,(H,26,30). The van der Waals surface area contributed by atoms with Crippen molar-refractivity contribution in [3.05, 3.63) is 81.8 Å². The van der Waals surface area contributed by atoms with E-state index >= 15 is 0 Å². The fourth-order valence-electron chi connectivity index (χ4n) is 3.52. The van der Waals surface area contributed by atoms with E-state index in [0.29, 0.717) is 29.8 Å². The molecule has 9 heteroatoms. The van der Waals surface area contributed by atoms with Gasteiger partial charge in [0.05, 0.1) is 6.33 Å². The van der Waals surface area contributed by atoms with Crippen LogP contribution in [0.2, 0.25) is 0 Å². The highest BCUT2D eigenvalue weighted by molar-refractivity contribution is 5.90. The highest BCUT2D eigenvalue weighted by Gasteiger charge is 2.14. The lowest BCUT2D eigenvalue weighted by atomic mass is 10.2. The van der Waals surface area contributed by atoms with Gasteiger partial charge in [-0.15, -0.1) is 0 Å². The number of benzene rings is 2. The van der Waals surface area contributed by atoms with E-state index in [2.05, 4.69) is 15.6 Å². The van der Waals surface area contributed by atoms with Gasteiger partial charge < -0.3 is 15.2 Å². The third-order valence-electron chi connectivity index (χ3n) is 5.25. The van der Waals surface area contributed by atoms with Gasteiger partial charge in [0.2, 0.25) is 5.91 Å². The molecular formula is C23H24N6O3. The fraction of sp³-hybridized carbons (Fsp3) is 0.217. The van der Waals surface area contributed by atoms with Crippen LogP contribution in [0.15, 0.2) is 70.5 Å². The van der Waals surface area contributed by atoms with Crippen LogP contribution in [0.1, 0.15) is 12.8 Å². The molecule has 9 nitrogen and oxygen atoms in total. The maximum absolute atomic E-state index is 12.5. The van der Waals surface area contributed by atoms with Gasteiger partial charge >= 0.3 is 5.69 Å². The second-order valence-electron chi connectivity index (χ2n) is 7.54. The van der Waals surface area contributed by atoms with Crippen LogP contribution in [-0.2, 0) is 25.4 Å². The van der Waals surface area contributed by atoms with Gasteiger partial charge in [0, 0.05) is 44.1 Å². The molecule has 0 saturated carbocycles. The molecule has 0 aliphatic rings. The quantitative estimate of drug-likeness (QED) is 0.467. The van der Waals surface area contributed by atoms with Crippen molar-refractivity contribution in [2.45, 2.75) is 19.4 Å². The van der Waals surface area contributed by atoms with Crippen molar-refractivity contribution in [3.63, 3.8) is 0 Å². The van der Waals surface area contributed by atoms with Crippen LogP contribution in [0.4, 0.5) is 17.1 Å². The van der Waals surface area contributed by atoms with Gasteiger partial charge in [0.1, 0.15) is 0 Å². The van der Waals surface area contributed by atoms with E-state index < -0.39 is 11.2 Å². The van der Waals surface area contributed by atoms with Crippen molar-refractivity contribution in [1.82, 2.24) is 18.7 Å². The number of aromatic nitrogens is 4. The zero-order valence-electron chi connectivity index (χ0n) is 17.9. The molecule has 1 amide bonds. The second-order valence-corrected chi connectivity index (χ2v) is 7.54. The number of fused-ring (bicyclic) bond motifs is 1. The molecule has 2 heterocycles. The highest BCUT2D eigenvalue weighted by Crippen LogP contribution is 2.19. The molecule has 4 aromatic rings. The average Bonchev–Trinajstić information content (AvgIpc) is 3.22. The molecule has 4 rings (SSSR count). The predicted octanol–water partition coefficient (Wildman–Crippen LogP) is 2.60. The Morgan fingerprint density at radius 3 is 2.28 bits per heavy atom. The summed E-state index contributed by atoms with van der Waals surface area (Å²) in [5, 5.41) is 6.18. The minimum atomic E-state index is -0.419. The summed E-state index contributed by atoms with van der Waals surface area (Å²) in [6.45, 7) is 0.442. The number of para-hydroxylation sites is 1. The zero-order chi connectivity index (χ0) is 22.7. The first-order valence-corrected chi connectivity index (χ1v) is 10.3. The van der Waals surface area contributed by atoms with Gasteiger partial charge in [-0.25, -0.2) is 9.78 Å². The first-order chi connectivity index (χ1) is 15.4. The lowest BCUT2D eigenvalue weighted by molar-refractivity contribution is -0.116. The third-order valence-corrected chi connectivity index (χ3v) is 5.25. The smallest absolute Gasteiger partial charge is 0.332 e. The molecule has 2 N–H and O–H groups in total. The van der Waals surface area contributed by atoms with Crippen LogP contribution in [0.5, 0.6) is 0 Å². The van der Waals surface area contributed by atoms with Crippen LogP contribution in [0.3, 0.4) is 0 Å². The van der Waals surface area contributed by atoms with E-state index in [1.54, 1.807) is 11.6 Å². The summed E-state index contributed by atoms with van der Waals surface area (Å²) in [7, 11) is 3.02. The van der Waals surface area contributed by atoms with E-state index in [1.807, 2.05) is 54.6 Å². The summed E-state index contributed by atoms with van der Waals surface area (Å²) in [5.74, 6) is -0.113. The van der Waals surface area contributed by atoms with Gasteiger partial charge in [-0.3, -0.25) is 18.7 Å². The number of nitrogens with one attached hydrogen (secondary N) is 2. The number of aryl methyl sites for hydroxylation is 2. The van der Waals surface area contributed by atoms with E-state index in [0.717, 1.165) is 15.9 Å². The lowest BCUT2D eigenvalue weighted by Gasteiger charge is -2.09. The van der Waals surface area contributed by atoms with Crippen LogP contribution in [0.25, 0.3) is 11.2 Å². The molecule has 0 spiro atoms. The second kappa shape index (κ2) is 8.93. The topological polar surface area (TPSA) is 103 Å². The number of nitrogens with zero attached hydrogens (tertiary/aromatic N) is 4. The summed E-state index contributed by atoms with van der Waals surface area (Å²) in [6, 6.07) is 17.3. The summed E-state index contributed by atoms with van der Waals surface area (Å²) >= 11 is 0. The minimum Gasteiger partial charge on any atom is -0.356 e. The molecule has 164 valence electrons. The Bertz CT molecular complexity index is 1370. The number of hydrogen-bond acceptors (Lipinski definition) is 5. The number of imidazole rings is 1. The Kier molecular flexibility index (Phi) is 5.89. The van der Waals surface area contributed by atoms with Crippen molar-refractivity contribution in [3.8, 4) is 0 Å². The van der Waals surface area contributed by atoms with Gasteiger partial charge in [0.15, 0.2) is 11.2 Å². The van der Waals surface area contributed by atoms with Crippen LogP contribution in [-0.4, -0.2) is 24.6 Å². The number of carbonyl (C=O) groups is 1. The summed E-state index contributed by atoms with van der Waals surface area (Å²) in [6.07, 6.45) is 2.34. The molecule has 0 fully saturated rings. The molecule has 0 bridgehead atoms. The maximum atomic E-state index is 12.5. The maximum Gasteiger partial charge on any atom is 0.332 e. The Morgan fingerprint density at radius 1 is 0.906 bits per heavy atom.